The number of pyridine rings is 1. The van der Waals surface area contributed by atoms with Crippen LogP contribution in [-0.4, -0.2) is 31.9 Å². The number of carbonyl (C=O) groups is 2. The standard InChI is InChI=1S/C23H24N4O5/c1-13-6-8-18-20(21(13)27(31)32)17(12-24-18)16(10-14-4-2-3-5-14)22(28)26-19-9-7-15(11-25-19)23(29)30/h6-9,11-12,14,16,24H,2-5,10H2,1H3,(H,29,30)(H,25,26,28). The van der Waals surface area contributed by atoms with Crippen LogP contribution >= 0.6 is 0 Å². The second-order valence-electron chi connectivity index (χ2n) is 8.32. The molecule has 0 radical (unpaired) electrons. The number of fused-ring (bicyclic) bond motifs is 1. The summed E-state index contributed by atoms with van der Waals surface area (Å²) in [6.45, 7) is 1.69. The van der Waals surface area contributed by atoms with E-state index in [0.29, 0.717) is 34.4 Å². The molecule has 32 heavy (non-hydrogen) atoms. The Bertz CT molecular complexity index is 1180. The van der Waals surface area contributed by atoms with Crippen molar-refractivity contribution >= 4 is 34.3 Å². The summed E-state index contributed by atoms with van der Waals surface area (Å²) in [4.78, 5) is 43.0. The Morgan fingerprint density at radius 1 is 1.28 bits per heavy atom. The zero-order valence-electron chi connectivity index (χ0n) is 17.6. The Labute approximate surface area is 184 Å². The number of amides is 1. The number of aryl methyl sites for hydroxylation is 1. The number of hydrogen-bond donors (Lipinski definition) is 3. The van der Waals surface area contributed by atoms with Crippen LogP contribution in [-0.2, 0) is 4.79 Å². The number of H-pyrrole nitrogens is 1. The van der Waals surface area contributed by atoms with Crippen molar-refractivity contribution in [2.45, 2.75) is 44.9 Å². The first-order chi connectivity index (χ1) is 15.3. The number of carboxylic acid groups (broad SMARTS) is 1. The van der Waals surface area contributed by atoms with Crippen molar-refractivity contribution in [1.82, 2.24) is 9.97 Å². The summed E-state index contributed by atoms with van der Waals surface area (Å²) in [5.41, 5.74) is 1.78. The number of nitrogens with zero attached hydrogens (tertiary/aromatic N) is 2. The summed E-state index contributed by atoms with van der Waals surface area (Å²) in [5.74, 6) is -1.42. The first-order valence-electron chi connectivity index (χ1n) is 10.6. The largest absolute Gasteiger partial charge is 0.478 e. The molecule has 4 rings (SSSR count). The van der Waals surface area contributed by atoms with E-state index in [0.717, 1.165) is 25.7 Å². The van der Waals surface area contributed by atoms with Crippen molar-refractivity contribution in [3.8, 4) is 0 Å². The maximum absolute atomic E-state index is 13.4. The lowest BCUT2D eigenvalue weighted by molar-refractivity contribution is -0.383. The quantitative estimate of drug-likeness (QED) is 0.360. The van der Waals surface area contributed by atoms with Crippen LogP contribution in [0.5, 0.6) is 0 Å². The fourth-order valence-electron chi connectivity index (χ4n) is 4.61. The Morgan fingerprint density at radius 3 is 2.66 bits per heavy atom. The van der Waals surface area contributed by atoms with Gasteiger partial charge in [-0.05, 0) is 43.0 Å². The van der Waals surface area contributed by atoms with Crippen LogP contribution in [0.25, 0.3) is 10.9 Å². The number of anilines is 1. The Kier molecular flexibility index (Phi) is 5.89. The van der Waals surface area contributed by atoms with Gasteiger partial charge in [0.05, 0.1) is 27.3 Å². The molecular formula is C23H24N4O5. The van der Waals surface area contributed by atoms with Crippen LogP contribution in [0.1, 0.15) is 59.5 Å². The molecule has 1 saturated carbocycles. The molecule has 1 aliphatic rings. The Morgan fingerprint density at radius 2 is 2.03 bits per heavy atom. The smallest absolute Gasteiger partial charge is 0.337 e. The minimum atomic E-state index is -1.10. The first kappa shape index (κ1) is 21.5. The summed E-state index contributed by atoms with van der Waals surface area (Å²) in [6, 6.07) is 6.30. The van der Waals surface area contributed by atoms with Crippen molar-refractivity contribution < 1.29 is 19.6 Å². The molecule has 1 fully saturated rings. The molecular weight excluding hydrogens is 412 g/mol. The van der Waals surface area contributed by atoms with Crippen LogP contribution in [0, 0.1) is 23.0 Å². The Hall–Kier alpha value is -3.75. The molecule has 9 nitrogen and oxygen atoms in total. The zero-order chi connectivity index (χ0) is 22.8. The second-order valence-corrected chi connectivity index (χ2v) is 8.32. The number of rotatable bonds is 7. The highest BCUT2D eigenvalue weighted by Crippen LogP contribution is 2.40. The third kappa shape index (κ3) is 4.18. The number of nitrogens with one attached hydrogen (secondary N) is 2. The zero-order valence-corrected chi connectivity index (χ0v) is 17.6. The van der Waals surface area contributed by atoms with Crippen molar-refractivity contribution in [2.24, 2.45) is 5.92 Å². The summed E-state index contributed by atoms with van der Waals surface area (Å²) < 4.78 is 0. The number of aromatic amines is 1. The maximum Gasteiger partial charge on any atom is 0.337 e. The van der Waals surface area contributed by atoms with Gasteiger partial charge < -0.3 is 15.4 Å². The molecule has 2 heterocycles. The van der Waals surface area contributed by atoms with E-state index in [2.05, 4.69) is 15.3 Å². The molecule has 1 atom stereocenters. The monoisotopic (exact) mass is 436 g/mol. The lowest BCUT2D eigenvalue weighted by Crippen LogP contribution is -2.23. The summed E-state index contributed by atoms with van der Waals surface area (Å²) >= 11 is 0. The summed E-state index contributed by atoms with van der Waals surface area (Å²) in [6.07, 6.45) is 7.74. The molecule has 1 amide bonds. The van der Waals surface area contributed by atoms with Gasteiger partial charge in [0.25, 0.3) is 5.69 Å². The molecule has 0 spiro atoms. The van der Waals surface area contributed by atoms with Crippen LogP contribution in [0.4, 0.5) is 11.5 Å². The molecule has 0 bridgehead atoms. The molecule has 0 aliphatic heterocycles. The number of carboxylic acids is 1. The number of carbonyl (C=O) groups excluding carboxylic acids is 1. The average molecular weight is 436 g/mol. The van der Waals surface area contributed by atoms with E-state index in [-0.39, 0.29) is 23.0 Å². The van der Waals surface area contributed by atoms with Crippen LogP contribution in [0.3, 0.4) is 0 Å². The minimum absolute atomic E-state index is 0.00640. The molecule has 3 N–H and O–H groups in total. The van der Waals surface area contributed by atoms with Gasteiger partial charge in [-0.25, -0.2) is 9.78 Å². The van der Waals surface area contributed by atoms with Gasteiger partial charge in [0, 0.05) is 18.0 Å². The Balaban J connectivity index is 1.72. The highest BCUT2D eigenvalue weighted by atomic mass is 16.6. The molecule has 166 valence electrons. The van der Waals surface area contributed by atoms with E-state index in [1.165, 1.54) is 18.3 Å². The van der Waals surface area contributed by atoms with Gasteiger partial charge in [-0.3, -0.25) is 14.9 Å². The van der Waals surface area contributed by atoms with E-state index in [1.54, 1.807) is 25.3 Å². The number of aromatic carboxylic acids is 1. The summed E-state index contributed by atoms with van der Waals surface area (Å²) in [5, 5.41) is 24.1. The van der Waals surface area contributed by atoms with Crippen molar-refractivity contribution in [3.05, 3.63) is 63.5 Å². The van der Waals surface area contributed by atoms with Crippen molar-refractivity contribution in [2.75, 3.05) is 5.32 Å². The van der Waals surface area contributed by atoms with Gasteiger partial charge in [0.1, 0.15) is 5.82 Å². The first-order valence-corrected chi connectivity index (χ1v) is 10.6. The van der Waals surface area contributed by atoms with E-state index in [9.17, 15) is 19.7 Å². The van der Waals surface area contributed by atoms with Gasteiger partial charge in [-0.1, -0.05) is 31.7 Å². The highest BCUT2D eigenvalue weighted by Gasteiger charge is 2.32. The predicted octanol–water partition coefficient (Wildman–Crippen LogP) is 4.78. The lowest BCUT2D eigenvalue weighted by Gasteiger charge is -2.20. The van der Waals surface area contributed by atoms with E-state index >= 15 is 0 Å². The molecule has 2 aromatic heterocycles. The number of aromatic nitrogens is 2. The molecule has 1 aromatic carbocycles. The molecule has 3 aromatic rings. The van der Waals surface area contributed by atoms with Gasteiger partial charge >= 0.3 is 5.97 Å². The normalized spacial score (nSPS) is 15.0. The summed E-state index contributed by atoms with van der Waals surface area (Å²) in [7, 11) is 0. The number of hydrogen-bond acceptors (Lipinski definition) is 5. The van der Waals surface area contributed by atoms with Crippen molar-refractivity contribution in [3.63, 3.8) is 0 Å². The fraction of sp³-hybridized carbons (Fsp3) is 0.348. The topological polar surface area (TPSA) is 138 Å². The van der Waals surface area contributed by atoms with E-state index in [1.807, 2.05) is 0 Å². The number of nitro groups is 1. The number of benzene rings is 1. The second kappa shape index (κ2) is 8.78. The third-order valence-electron chi connectivity index (χ3n) is 6.23. The molecule has 1 aliphatic carbocycles. The van der Waals surface area contributed by atoms with Crippen LogP contribution in [0.2, 0.25) is 0 Å². The van der Waals surface area contributed by atoms with E-state index in [4.69, 9.17) is 5.11 Å². The SMILES string of the molecule is Cc1ccc2[nH]cc(C(CC3CCCC3)C(=O)Nc3ccc(C(=O)O)cn3)c2c1[N+](=O)[O-]. The fourth-order valence-corrected chi connectivity index (χ4v) is 4.61. The number of nitro benzene ring substituents is 1. The third-order valence-corrected chi connectivity index (χ3v) is 6.23. The molecule has 9 heteroatoms. The van der Waals surface area contributed by atoms with Gasteiger partial charge in [-0.15, -0.1) is 0 Å². The minimum Gasteiger partial charge on any atom is -0.478 e. The highest BCUT2D eigenvalue weighted by molar-refractivity contribution is 6.01. The van der Waals surface area contributed by atoms with Crippen LogP contribution < -0.4 is 5.32 Å². The molecule has 0 saturated heterocycles. The predicted molar refractivity (Wildman–Crippen MR) is 119 cm³/mol. The van der Waals surface area contributed by atoms with Crippen LogP contribution in [0.15, 0.2) is 36.7 Å². The van der Waals surface area contributed by atoms with Crippen molar-refractivity contribution in [1.29, 1.82) is 0 Å². The maximum atomic E-state index is 13.4. The average Bonchev–Trinajstić information content (AvgIpc) is 3.41. The van der Waals surface area contributed by atoms with Gasteiger partial charge in [0.15, 0.2) is 0 Å². The van der Waals surface area contributed by atoms with Gasteiger partial charge in [0.2, 0.25) is 5.91 Å². The van der Waals surface area contributed by atoms with Gasteiger partial charge in [-0.2, -0.15) is 0 Å². The molecule has 1 unspecified atom stereocenters. The lowest BCUT2D eigenvalue weighted by atomic mass is 9.86. The van der Waals surface area contributed by atoms with E-state index < -0.39 is 16.8 Å².